The minimum absolute atomic E-state index is 0.120. The van der Waals surface area contributed by atoms with Crippen LogP contribution >= 0.6 is 0 Å². The monoisotopic (exact) mass is 339 g/mol. The molecule has 0 saturated carbocycles. The van der Waals surface area contributed by atoms with Gasteiger partial charge in [-0.05, 0) is 29.7 Å². The number of hydrogen-bond donors (Lipinski definition) is 1. The molecule has 0 amide bonds. The molecule has 6 nitrogen and oxygen atoms in total. The van der Waals surface area contributed by atoms with Crippen LogP contribution in [-0.2, 0) is 6.42 Å². The van der Waals surface area contributed by atoms with E-state index in [2.05, 4.69) is 15.9 Å². The van der Waals surface area contributed by atoms with Gasteiger partial charge in [0.25, 0.3) is 5.69 Å². The van der Waals surface area contributed by atoms with Crippen molar-refractivity contribution < 1.29 is 10.0 Å². The fraction of sp³-hybridized carbons (Fsp3) is 0.368. The number of nitrogens with zero attached hydrogens (tertiary/aromatic N) is 3. The summed E-state index contributed by atoms with van der Waals surface area (Å²) >= 11 is 0. The maximum absolute atomic E-state index is 10.8. The van der Waals surface area contributed by atoms with E-state index in [1.54, 1.807) is 12.1 Å². The number of rotatable bonds is 3. The van der Waals surface area contributed by atoms with Gasteiger partial charge in [0.15, 0.2) is 0 Å². The first kappa shape index (κ1) is 16.1. The first-order valence-electron chi connectivity index (χ1n) is 8.63. The van der Waals surface area contributed by atoms with E-state index in [4.69, 9.17) is 0 Å². The number of aliphatic hydroxyl groups is 1. The van der Waals surface area contributed by atoms with Crippen molar-refractivity contribution in [3.63, 3.8) is 0 Å². The number of hydrogen-bond acceptors (Lipinski definition) is 5. The van der Waals surface area contributed by atoms with E-state index in [-0.39, 0.29) is 16.7 Å². The third-order valence-corrected chi connectivity index (χ3v) is 5.38. The minimum Gasteiger partial charge on any atom is -0.387 e. The molecule has 1 aliphatic heterocycles. The summed E-state index contributed by atoms with van der Waals surface area (Å²) < 4.78 is 0. The van der Waals surface area contributed by atoms with Crippen molar-refractivity contribution in [2.75, 3.05) is 31.1 Å². The lowest BCUT2D eigenvalue weighted by molar-refractivity contribution is -0.384. The number of nitro groups is 1. The number of non-ortho nitro benzene ring substituents is 1. The fourth-order valence-corrected chi connectivity index (χ4v) is 3.98. The Morgan fingerprint density at radius 1 is 1.00 bits per heavy atom. The Labute approximate surface area is 146 Å². The van der Waals surface area contributed by atoms with Gasteiger partial charge in [0, 0.05) is 50.0 Å². The number of benzene rings is 2. The predicted molar refractivity (Wildman–Crippen MR) is 95.8 cm³/mol. The molecular formula is C19H21N3O3. The zero-order valence-corrected chi connectivity index (χ0v) is 13.9. The van der Waals surface area contributed by atoms with Crippen LogP contribution in [-0.4, -0.2) is 47.2 Å². The maximum atomic E-state index is 10.8. The molecule has 2 aliphatic rings. The highest BCUT2D eigenvalue weighted by Gasteiger charge is 2.36. The summed E-state index contributed by atoms with van der Waals surface area (Å²) in [5.41, 5.74) is 3.44. The molecule has 25 heavy (non-hydrogen) atoms. The average Bonchev–Trinajstić information content (AvgIpc) is 2.99. The van der Waals surface area contributed by atoms with Crippen molar-refractivity contribution in [1.82, 2.24) is 4.90 Å². The lowest BCUT2D eigenvalue weighted by Crippen LogP contribution is -2.51. The highest BCUT2D eigenvalue weighted by Crippen LogP contribution is 2.35. The number of anilines is 1. The highest BCUT2D eigenvalue weighted by molar-refractivity contribution is 5.51. The molecule has 2 aromatic carbocycles. The molecule has 0 radical (unpaired) electrons. The van der Waals surface area contributed by atoms with Crippen molar-refractivity contribution in [2.24, 2.45) is 0 Å². The Kier molecular flexibility index (Phi) is 4.15. The molecule has 2 atom stereocenters. The van der Waals surface area contributed by atoms with Gasteiger partial charge in [-0.3, -0.25) is 15.0 Å². The summed E-state index contributed by atoms with van der Waals surface area (Å²) in [6, 6.07) is 15.0. The third kappa shape index (κ3) is 2.99. The van der Waals surface area contributed by atoms with Crippen molar-refractivity contribution in [1.29, 1.82) is 0 Å². The molecule has 2 aromatic rings. The summed E-state index contributed by atoms with van der Waals surface area (Å²) in [6.07, 6.45) is 0.483. The minimum atomic E-state index is -0.415. The molecule has 6 heteroatoms. The lowest BCUT2D eigenvalue weighted by atomic mass is 10.1. The highest BCUT2D eigenvalue weighted by atomic mass is 16.6. The second kappa shape index (κ2) is 6.46. The maximum Gasteiger partial charge on any atom is 0.269 e. The van der Waals surface area contributed by atoms with Gasteiger partial charge in [-0.2, -0.15) is 0 Å². The summed E-state index contributed by atoms with van der Waals surface area (Å²) in [4.78, 5) is 15.0. The molecule has 1 N–H and O–H groups in total. The number of nitro benzene ring substituents is 1. The van der Waals surface area contributed by atoms with Gasteiger partial charge >= 0.3 is 0 Å². The zero-order valence-electron chi connectivity index (χ0n) is 13.9. The van der Waals surface area contributed by atoms with E-state index in [1.807, 2.05) is 30.3 Å². The Morgan fingerprint density at radius 2 is 1.68 bits per heavy atom. The van der Waals surface area contributed by atoms with Gasteiger partial charge in [0.05, 0.1) is 11.0 Å². The molecule has 1 aliphatic carbocycles. The van der Waals surface area contributed by atoms with Gasteiger partial charge in [-0.25, -0.2) is 0 Å². The topological polar surface area (TPSA) is 69.9 Å². The van der Waals surface area contributed by atoms with Crippen LogP contribution in [0, 0.1) is 10.1 Å². The summed E-state index contributed by atoms with van der Waals surface area (Å²) in [6.45, 7) is 3.48. The first-order chi connectivity index (χ1) is 12.1. The molecule has 1 heterocycles. The van der Waals surface area contributed by atoms with E-state index < -0.39 is 6.10 Å². The summed E-state index contributed by atoms with van der Waals surface area (Å²) in [5.74, 6) is 0. The van der Waals surface area contributed by atoms with Gasteiger partial charge in [-0.1, -0.05) is 24.3 Å². The van der Waals surface area contributed by atoms with E-state index >= 15 is 0 Å². The number of piperazine rings is 1. The van der Waals surface area contributed by atoms with Crippen LogP contribution in [0.2, 0.25) is 0 Å². The van der Waals surface area contributed by atoms with Crippen LogP contribution in [0.25, 0.3) is 0 Å². The second-order valence-electron chi connectivity index (χ2n) is 6.71. The van der Waals surface area contributed by atoms with Gasteiger partial charge in [0.2, 0.25) is 0 Å². The SMILES string of the molecule is O=[N+]([O-])c1ccc(N2CCN(C3Cc4ccccc4C3O)CC2)cc1. The molecule has 130 valence electrons. The Morgan fingerprint density at radius 3 is 2.32 bits per heavy atom. The van der Waals surface area contributed by atoms with Crippen LogP contribution in [0.5, 0.6) is 0 Å². The molecule has 1 saturated heterocycles. The summed E-state index contributed by atoms with van der Waals surface area (Å²) in [5, 5.41) is 21.4. The summed E-state index contributed by atoms with van der Waals surface area (Å²) in [7, 11) is 0. The molecule has 0 spiro atoms. The fourth-order valence-electron chi connectivity index (χ4n) is 3.98. The molecule has 0 aromatic heterocycles. The van der Waals surface area contributed by atoms with E-state index in [1.165, 1.54) is 5.56 Å². The quantitative estimate of drug-likeness (QED) is 0.687. The first-order valence-corrected chi connectivity index (χ1v) is 8.63. The molecular weight excluding hydrogens is 318 g/mol. The molecule has 0 bridgehead atoms. The van der Waals surface area contributed by atoms with E-state index in [0.717, 1.165) is 43.9 Å². The van der Waals surface area contributed by atoms with Crippen LogP contribution in [0.3, 0.4) is 0 Å². The standard InChI is InChI=1S/C19H21N3O3/c23-19-17-4-2-1-3-14(17)13-18(19)21-11-9-20(10-12-21)15-5-7-16(8-6-15)22(24)25/h1-8,18-19,23H,9-13H2. The van der Waals surface area contributed by atoms with Gasteiger partial charge in [0.1, 0.15) is 0 Å². The largest absolute Gasteiger partial charge is 0.387 e. The third-order valence-electron chi connectivity index (χ3n) is 5.38. The lowest BCUT2D eigenvalue weighted by Gasteiger charge is -2.40. The van der Waals surface area contributed by atoms with E-state index in [9.17, 15) is 15.2 Å². The van der Waals surface area contributed by atoms with Crippen LogP contribution in [0.4, 0.5) is 11.4 Å². The van der Waals surface area contributed by atoms with Gasteiger partial charge < -0.3 is 10.0 Å². The molecule has 1 fully saturated rings. The molecule has 4 rings (SSSR count). The average molecular weight is 339 g/mol. The Bertz CT molecular complexity index is 770. The van der Waals surface area contributed by atoms with Crippen LogP contribution in [0.1, 0.15) is 17.2 Å². The van der Waals surface area contributed by atoms with Crippen LogP contribution < -0.4 is 4.90 Å². The van der Waals surface area contributed by atoms with Crippen molar-refractivity contribution in [3.05, 3.63) is 69.8 Å². The zero-order chi connectivity index (χ0) is 17.4. The smallest absolute Gasteiger partial charge is 0.269 e. The van der Waals surface area contributed by atoms with Gasteiger partial charge in [-0.15, -0.1) is 0 Å². The van der Waals surface area contributed by atoms with E-state index in [0.29, 0.717) is 0 Å². The second-order valence-corrected chi connectivity index (χ2v) is 6.71. The predicted octanol–water partition coefficient (Wildman–Crippen LogP) is 2.38. The molecule has 2 unspecified atom stereocenters. The Hall–Kier alpha value is -2.44. The van der Waals surface area contributed by atoms with Crippen molar-refractivity contribution in [3.8, 4) is 0 Å². The van der Waals surface area contributed by atoms with Crippen molar-refractivity contribution in [2.45, 2.75) is 18.6 Å². The van der Waals surface area contributed by atoms with Crippen LogP contribution in [0.15, 0.2) is 48.5 Å². The Balaban J connectivity index is 1.40. The number of fused-ring (bicyclic) bond motifs is 1. The van der Waals surface area contributed by atoms with Crippen molar-refractivity contribution >= 4 is 11.4 Å². The normalized spacial score (nSPS) is 23.5. The number of aliphatic hydroxyl groups excluding tert-OH is 1.